The van der Waals surface area contributed by atoms with E-state index in [1.807, 2.05) is 6.92 Å². The summed E-state index contributed by atoms with van der Waals surface area (Å²) >= 11 is 0. The molecule has 1 saturated heterocycles. The van der Waals surface area contributed by atoms with Gasteiger partial charge in [-0.05, 0) is 42.3 Å². The van der Waals surface area contributed by atoms with Crippen LogP contribution in [0.2, 0.25) is 0 Å². The molecular weight excluding hydrogens is 336 g/mol. The van der Waals surface area contributed by atoms with Gasteiger partial charge in [0.05, 0.1) is 12.1 Å². The van der Waals surface area contributed by atoms with E-state index in [9.17, 15) is 13.6 Å². The van der Waals surface area contributed by atoms with Gasteiger partial charge in [-0.25, -0.2) is 8.78 Å². The first-order chi connectivity index (χ1) is 12.5. The molecule has 0 unspecified atom stereocenters. The van der Waals surface area contributed by atoms with E-state index in [0.717, 1.165) is 24.2 Å². The van der Waals surface area contributed by atoms with Crippen LogP contribution in [-0.4, -0.2) is 47.9 Å². The highest BCUT2D eigenvalue weighted by atomic mass is 19.1. The third kappa shape index (κ3) is 4.08. The minimum absolute atomic E-state index is 0.0952. The van der Waals surface area contributed by atoms with Crippen molar-refractivity contribution in [2.75, 3.05) is 26.2 Å². The molecule has 1 fully saturated rings. The summed E-state index contributed by atoms with van der Waals surface area (Å²) in [6, 6.07) is 12.4. The van der Waals surface area contributed by atoms with Crippen LogP contribution in [0.15, 0.2) is 48.5 Å². The van der Waals surface area contributed by atoms with Gasteiger partial charge in [0.2, 0.25) is 5.91 Å². The number of amides is 1. The molecule has 0 bridgehead atoms. The molecule has 0 radical (unpaired) electrons. The van der Waals surface area contributed by atoms with Crippen molar-refractivity contribution in [2.24, 2.45) is 5.73 Å². The van der Waals surface area contributed by atoms with Crippen molar-refractivity contribution < 1.29 is 13.6 Å². The summed E-state index contributed by atoms with van der Waals surface area (Å²) in [6.07, 6.45) is 0. The van der Waals surface area contributed by atoms with Crippen LogP contribution in [0.4, 0.5) is 8.78 Å². The average Bonchev–Trinajstić information content (AvgIpc) is 2.65. The Labute approximate surface area is 152 Å². The van der Waals surface area contributed by atoms with Crippen LogP contribution < -0.4 is 5.73 Å². The zero-order valence-electron chi connectivity index (χ0n) is 14.7. The minimum atomic E-state index is -0.327. The topological polar surface area (TPSA) is 49.6 Å². The molecule has 1 heterocycles. The Morgan fingerprint density at radius 2 is 1.23 bits per heavy atom. The van der Waals surface area contributed by atoms with Crippen molar-refractivity contribution in [3.63, 3.8) is 0 Å². The van der Waals surface area contributed by atoms with E-state index < -0.39 is 0 Å². The molecule has 1 atom stereocenters. The standard InChI is InChI=1S/C20H23F2N3O/c1-14(20(23)26)24-10-12-25(13-11-24)19(15-2-6-17(21)7-3-15)16-4-8-18(22)9-5-16/h2-9,14,19H,10-13H2,1H3,(H2,23,26)/t14-/m0/s1. The highest BCUT2D eigenvalue weighted by Crippen LogP contribution is 2.30. The van der Waals surface area contributed by atoms with E-state index in [-0.39, 0.29) is 29.6 Å². The van der Waals surface area contributed by atoms with Crippen molar-refractivity contribution in [1.29, 1.82) is 0 Å². The highest BCUT2D eigenvalue weighted by Gasteiger charge is 2.29. The predicted octanol–water partition coefficient (Wildman–Crippen LogP) is 2.55. The zero-order chi connectivity index (χ0) is 18.7. The van der Waals surface area contributed by atoms with Gasteiger partial charge in [-0.15, -0.1) is 0 Å². The molecule has 0 spiro atoms. The molecule has 3 rings (SSSR count). The van der Waals surface area contributed by atoms with E-state index in [2.05, 4.69) is 9.80 Å². The lowest BCUT2D eigenvalue weighted by atomic mass is 9.96. The molecule has 4 nitrogen and oxygen atoms in total. The first kappa shape index (κ1) is 18.5. The van der Waals surface area contributed by atoms with Gasteiger partial charge in [-0.3, -0.25) is 14.6 Å². The van der Waals surface area contributed by atoms with Crippen LogP contribution in [0.1, 0.15) is 24.1 Å². The van der Waals surface area contributed by atoms with Gasteiger partial charge in [-0.2, -0.15) is 0 Å². The lowest BCUT2D eigenvalue weighted by molar-refractivity contribution is -0.123. The summed E-state index contributed by atoms with van der Waals surface area (Å²) in [5, 5.41) is 0. The van der Waals surface area contributed by atoms with Crippen molar-refractivity contribution in [3.05, 3.63) is 71.3 Å². The second-order valence-electron chi connectivity index (χ2n) is 6.66. The molecule has 1 amide bonds. The Morgan fingerprint density at radius 1 is 0.846 bits per heavy atom. The van der Waals surface area contributed by atoms with Crippen molar-refractivity contribution in [1.82, 2.24) is 9.80 Å². The molecular formula is C20H23F2N3O. The van der Waals surface area contributed by atoms with Crippen molar-refractivity contribution in [3.8, 4) is 0 Å². The maximum atomic E-state index is 13.3. The fourth-order valence-corrected chi connectivity index (χ4v) is 3.47. The number of carbonyl (C=O) groups is 1. The predicted molar refractivity (Wildman–Crippen MR) is 96.4 cm³/mol. The Hall–Kier alpha value is -2.31. The fourth-order valence-electron chi connectivity index (χ4n) is 3.47. The molecule has 2 N–H and O–H groups in total. The fraction of sp³-hybridized carbons (Fsp3) is 0.350. The first-order valence-electron chi connectivity index (χ1n) is 8.74. The smallest absolute Gasteiger partial charge is 0.234 e. The largest absolute Gasteiger partial charge is 0.368 e. The van der Waals surface area contributed by atoms with E-state index in [4.69, 9.17) is 5.73 Å². The number of benzene rings is 2. The summed E-state index contributed by atoms with van der Waals surface area (Å²) in [7, 11) is 0. The highest BCUT2D eigenvalue weighted by molar-refractivity contribution is 5.79. The van der Waals surface area contributed by atoms with Gasteiger partial charge in [0.1, 0.15) is 11.6 Å². The van der Waals surface area contributed by atoms with E-state index >= 15 is 0 Å². The summed E-state index contributed by atoms with van der Waals surface area (Å²) in [5.41, 5.74) is 7.31. The summed E-state index contributed by atoms with van der Waals surface area (Å²) in [6.45, 7) is 4.70. The molecule has 2 aromatic rings. The second-order valence-corrected chi connectivity index (χ2v) is 6.66. The number of nitrogens with zero attached hydrogens (tertiary/aromatic N) is 2. The van der Waals surface area contributed by atoms with Crippen LogP contribution >= 0.6 is 0 Å². The van der Waals surface area contributed by atoms with Gasteiger partial charge in [0, 0.05) is 26.2 Å². The van der Waals surface area contributed by atoms with Crippen LogP contribution in [0, 0.1) is 11.6 Å². The Balaban J connectivity index is 1.84. The summed E-state index contributed by atoms with van der Waals surface area (Å²) < 4.78 is 26.7. The third-order valence-electron chi connectivity index (χ3n) is 5.04. The number of nitrogens with two attached hydrogens (primary N) is 1. The average molecular weight is 359 g/mol. The molecule has 2 aromatic carbocycles. The molecule has 1 aliphatic rings. The van der Waals surface area contributed by atoms with Crippen molar-refractivity contribution >= 4 is 5.91 Å². The van der Waals surface area contributed by atoms with Gasteiger partial charge >= 0.3 is 0 Å². The monoisotopic (exact) mass is 359 g/mol. The molecule has 6 heteroatoms. The van der Waals surface area contributed by atoms with Gasteiger partial charge in [-0.1, -0.05) is 24.3 Å². The van der Waals surface area contributed by atoms with Crippen LogP contribution in [0.25, 0.3) is 0 Å². The second kappa shape index (κ2) is 7.93. The van der Waals surface area contributed by atoms with Crippen LogP contribution in [0.5, 0.6) is 0 Å². The van der Waals surface area contributed by atoms with Gasteiger partial charge in [0.25, 0.3) is 0 Å². The number of hydrogen-bond acceptors (Lipinski definition) is 3. The molecule has 138 valence electrons. The minimum Gasteiger partial charge on any atom is -0.368 e. The van der Waals surface area contributed by atoms with E-state index in [1.54, 1.807) is 24.3 Å². The normalized spacial score (nSPS) is 17.4. The summed E-state index contributed by atoms with van der Waals surface area (Å²) in [4.78, 5) is 15.7. The maximum absolute atomic E-state index is 13.3. The van der Waals surface area contributed by atoms with E-state index in [0.29, 0.717) is 13.1 Å². The molecule has 1 aliphatic heterocycles. The number of piperazine rings is 1. The van der Waals surface area contributed by atoms with Crippen LogP contribution in [-0.2, 0) is 4.79 Å². The number of primary amides is 1. The number of halogens is 2. The molecule has 26 heavy (non-hydrogen) atoms. The quantitative estimate of drug-likeness (QED) is 0.893. The third-order valence-corrected chi connectivity index (χ3v) is 5.04. The maximum Gasteiger partial charge on any atom is 0.234 e. The van der Waals surface area contributed by atoms with Gasteiger partial charge in [0.15, 0.2) is 0 Å². The molecule has 0 saturated carbocycles. The zero-order valence-corrected chi connectivity index (χ0v) is 14.7. The SMILES string of the molecule is C[C@@H](C(N)=O)N1CCN(C(c2ccc(F)cc2)c2ccc(F)cc2)CC1. The van der Waals surface area contributed by atoms with Gasteiger partial charge < -0.3 is 5.73 Å². The van der Waals surface area contributed by atoms with Crippen molar-refractivity contribution in [2.45, 2.75) is 19.0 Å². The number of carbonyl (C=O) groups excluding carboxylic acids is 1. The Kier molecular flexibility index (Phi) is 5.64. The first-order valence-corrected chi connectivity index (χ1v) is 8.74. The molecule has 0 aromatic heterocycles. The Bertz CT molecular complexity index is 695. The van der Waals surface area contributed by atoms with Crippen LogP contribution in [0.3, 0.4) is 0 Å². The Morgan fingerprint density at radius 3 is 1.62 bits per heavy atom. The lowest BCUT2D eigenvalue weighted by Crippen LogP contribution is -2.53. The summed E-state index contributed by atoms with van der Waals surface area (Å²) in [5.74, 6) is -0.898. The molecule has 0 aliphatic carbocycles. The number of rotatable bonds is 5. The number of hydrogen-bond donors (Lipinski definition) is 1. The lowest BCUT2D eigenvalue weighted by Gasteiger charge is -2.41. The van der Waals surface area contributed by atoms with E-state index in [1.165, 1.54) is 24.3 Å².